The molecule has 1 aromatic heterocycles. The topological polar surface area (TPSA) is 17.1 Å². The zero-order chi connectivity index (χ0) is 12.6. The lowest BCUT2D eigenvalue weighted by atomic mass is 9.74. The molecule has 2 bridgehead atoms. The van der Waals surface area contributed by atoms with Crippen LogP contribution in [0.3, 0.4) is 0 Å². The van der Waals surface area contributed by atoms with Crippen molar-refractivity contribution >= 4 is 17.1 Å². The number of rotatable bonds is 4. The van der Waals surface area contributed by atoms with Gasteiger partial charge in [0.05, 0.1) is 37.0 Å². The predicted molar refractivity (Wildman–Crippen MR) is 74.9 cm³/mol. The number of nitrogens with zero attached hydrogens (tertiary/aromatic N) is 1. The molecule has 3 fully saturated rings. The number of hydrogen-bond donors (Lipinski definition) is 0. The summed E-state index contributed by atoms with van der Waals surface area (Å²) >= 11 is 1.61. The van der Waals surface area contributed by atoms with Crippen LogP contribution in [0.5, 0.6) is 0 Å². The van der Waals surface area contributed by atoms with E-state index in [2.05, 4.69) is 6.92 Å². The highest BCUT2D eigenvalue weighted by atomic mass is 32.1. The zero-order valence-corrected chi connectivity index (χ0v) is 11.9. The number of carbonyl (C=O) groups excluding carboxylic acids is 1. The van der Waals surface area contributed by atoms with Gasteiger partial charge in [-0.2, -0.15) is 0 Å². The molecule has 0 N–H and O–H groups in total. The molecule has 3 aliphatic heterocycles. The molecule has 0 spiro atoms. The molecule has 1 atom stereocenters. The van der Waals surface area contributed by atoms with E-state index in [1.807, 2.05) is 17.5 Å². The minimum atomic E-state index is 0.303. The fraction of sp³-hybridized carbons (Fsp3) is 0.667. The van der Waals surface area contributed by atoms with Crippen LogP contribution in [0.1, 0.15) is 35.9 Å². The molecule has 0 saturated carbocycles. The Kier molecular flexibility index (Phi) is 3.29. The second kappa shape index (κ2) is 4.78. The van der Waals surface area contributed by atoms with Crippen molar-refractivity contribution in [3.05, 3.63) is 22.4 Å². The molecule has 98 valence electrons. The van der Waals surface area contributed by atoms with Gasteiger partial charge in [-0.05, 0) is 23.8 Å². The summed E-state index contributed by atoms with van der Waals surface area (Å²) in [5.41, 5.74) is 0. The maximum Gasteiger partial charge on any atom is 0.181 e. The molecule has 0 aliphatic carbocycles. The SMILES string of the molecule is CCC[N+]12CCC(CC1)[C@H](C(=O)c1cccs1)C2. The van der Waals surface area contributed by atoms with Crippen LogP contribution in [0.25, 0.3) is 0 Å². The number of quaternary nitrogens is 1. The summed E-state index contributed by atoms with van der Waals surface area (Å²) < 4.78 is 1.22. The first-order valence-corrected chi connectivity index (χ1v) is 8.05. The number of thiophene rings is 1. The second-order valence-corrected chi connectivity index (χ2v) is 6.93. The Balaban J connectivity index is 1.80. The highest BCUT2D eigenvalue weighted by Crippen LogP contribution is 2.39. The number of piperidine rings is 3. The lowest BCUT2D eigenvalue weighted by Gasteiger charge is -2.52. The summed E-state index contributed by atoms with van der Waals surface area (Å²) in [5.74, 6) is 1.39. The molecule has 3 saturated heterocycles. The van der Waals surface area contributed by atoms with Gasteiger partial charge in [-0.1, -0.05) is 13.0 Å². The molecule has 3 heteroatoms. The van der Waals surface area contributed by atoms with E-state index in [9.17, 15) is 4.79 Å². The molecule has 0 unspecified atom stereocenters. The van der Waals surface area contributed by atoms with Gasteiger partial charge in [0.1, 0.15) is 0 Å². The van der Waals surface area contributed by atoms with Gasteiger partial charge in [0.2, 0.25) is 0 Å². The highest BCUT2D eigenvalue weighted by Gasteiger charge is 2.48. The molecule has 0 radical (unpaired) electrons. The summed E-state index contributed by atoms with van der Waals surface area (Å²) in [6.07, 6.45) is 3.77. The largest absolute Gasteiger partial charge is 0.323 e. The van der Waals surface area contributed by atoms with E-state index in [4.69, 9.17) is 0 Å². The lowest BCUT2D eigenvalue weighted by molar-refractivity contribution is -0.945. The van der Waals surface area contributed by atoms with Crippen LogP contribution >= 0.6 is 11.3 Å². The van der Waals surface area contributed by atoms with E-state index in [0.717, 1.165) is 11.4 Å². The molecule has 0 aromatic carbocycles. The predicted octanol–water partition coefficient (Wildman–Crippen LogP) is 3.20. The van der Waals surface area contributed by atoms with Crippen LogP contribution in [0.2, 0.25) is 0 Å². The number of Topliss-reactive ketones (excluding diaryl/α,β-unsaturated/α-hetero) is 1. The maximum absolute atomic E-state index is 12.6. The van der Waals surface area contributed by atoms with Gasteiger partial charge in [0, 0.05) is 12.8 Å². The minimum absolute atomic E-state index is 0.303. The van der Waals surface area contributed by atoms with Gasteiger partial charge in [-0.15, -0.1) is 11.3 Å². The number of carbonyl (C=O) groups is 1. The van der Waals surface area contributed by atoms with Crippen LogP contribution in [0, 0.1) is 11.8 Å². The van der Waals surface area contributed by atoms with Gasteiger partial charge in [-0.3, -0.25) is 4.79 Å². The van der Waals surface area contributed by atoms with E-state index in [1.54, 1.807) is 11.3 Å². The normalized spacial score (nSPS) is 34.7. The minimum Gasteiger partial charge on any atom is -0.323 e. The smallest absolute Gasteiger partial charge is 0.181 e. The van der Waals surface area contributed by atoms with Crippen LogP contribution in [0.15, 0.2) is 17.5 Å². The molecular formula is C15H22NOS+. The van der Waals surface area contributed by atoms with Crippen molar-refractivity contribution in [2.24, 2.45) is 11.8 Å². The van der Waals surface area contributed by atoms with Crippen molar-refractivity contribution in [2.75, 3.05) is 26.2 Å². The first kappa shape index (κ1) is 12.4. The van der Waals surface area contributed by atoms with Crippen molar-refractivity contribution in [3.8, 4) is 0 Å². The standard InChI is InChI=1S/C15H22NOS/c1-2-7-16-8-5-12(6-9-16)13(11-16)15(17)14-4-3-10-18-14/h3-4,10,12-13H,2,5-9,11H2,1H3/q+1/t12?,13-,16?/m1/s1. The lowest BCUT2D eigenvalue weighted by Crippen LogP contribution is -2.63. The first-order valence-electron chi connectivity index (χ1n) is 7.17. The van der Waals surface area contributed by atoms with E-state index in [0.29, 0.717) is 17.6 Å². The summed E-state index contributed by atoms with van der Waals surface area (Å²) in [6, 6.07) is 3.99. The Morgan fingerprint density at radius 2 is 2.22 bits per heavy atom. The van der Waals surface area contributed by atoms with E-state index in [1.165, 1.54) is 43.4 Å². The average Bonchev–Trinajstić information content (AvgIpc) is 2.93. The van der Waals surface area contributed by atoms with Crippen LogP contribution in [0.4, 0.5) is 0 Å². The van der Waals surface area contributed by atoms with Crippen molar-refractivity contribution in [1.29, 1.82) is 0 Å². The van der Waals surface area contributed by atoms with Crippen LogP contribution in [-0.4, -0.2) is 36.4 Å². The molecule has 0 amide bonds. The summed E-state index contributed by atoms with van der Waals surface area (Å²) in [6.45, 7) is 7.26. The average molecular weight is 264 g/mol. The van der Waals surface area contributed by atoms with E-state index < -0.39 is 0 Å². The van der Waals surface area contributed by atoms with Gasteiger partial charge >= 0.3 is 0 Å². The number of fused-ring (bicyclic) bond motifs is 3. The summed E-state index contributed by atoms with van der Waals surface area (Å²) in [5, 5.41) is 2.02. The Morgan fingerprint density at radius 3 is 2.83 bits per heavy atom. The summed E-state index contributed by atoms with van der Waals surface area (Å²) in [7, 11) is 0. The maximum atomic E-state index is 12.6. The molecule has 18 heavy (non-hydrogen) atoms. The number of ketones is 1. The quantitative estimate of drug-likeness (QED) is 0.603. The molecule has 1 aromatic rings. The van der Waals surface area contributed by atoms with Gasteiger partial charge in [-0.25, -0.2) is 0 Å². The molecule has 2 nitrogen and oxygen atoms in total. The van der Waals surface area contributed by atoms with Gasteiger partial charge in [0.15, 0.2) is 5.78 Å². The Labute approximate surface area is 113 Å². The Morgan fingerprint density at radius 1 is 1.44 bits per heavy atom. The van der Waals surface area contributed by atoms with E-state index in [-0.39, 0.29) is 0 Å². The molecule has 3 aliphatic rings. The molecular weight excluding hydrogens is 242 g/mol. The molecule has 4 rings (SSSR count). The van der Waals surface area contributed by atoms with Crippen LogP contribution in [-0.2, 0) is 0 Å². The first-order chi connectivity index (χ1) is 8.74. The number of hydrogen-bond acceptors (Lipinski definition) is 2. The zero-order valence-electron chi connectivity index (χ0n) is 11.1. The van der Waals surface area contributed by atoms with Gasteiger partial charge < -0.3 is 4.48 Å². The monoisotopic (exact) mass is 264 g/mol. The third-order valence-corrected chi connectivity index (χ3v) is 5.78. The van der Waals surface area contributed by atoms with Gasteiger partial charge in [0.25, 0.3) is 0 Å². The fourth-order valence-electron chi connectivity index (χ4n) is 3.97. The highest BCUT2D eigenvalue weighted by molar-refractivity contribution is 7.12. The Bertz CT molecular complexity index is 412. The second-order valence-electron chi connectivity index (χ2n) is 5.98. The van der Waals surface area contributed by atoms with Crippen LogP contribution < -0.4 is 0 Å². The van der Waals surface area contributed by atoms with Crippen molar-refractivity contribution in [3.63, 3.8) is 0 Å². The van der Waals surface area contributed by atoms with E-state index >= 15 is 0 Å². The fourth-order valence-corrected chi connectivity index (χ4v) is 4.70. The third kappa shape index (κ3) is 2.04. The van der Waals surface area contributed by atoms with Crippen molar-refractivity contribution in [1.82, 2.24) is 0 Å². The van der Waals surface area contributed by atoms with Crippen molar-refractivity contribution < 1.29 is 9.28 Å². The van der Waals surface area contributed by atoms with Crippen molar-refractivity contribution in [2.45, 2.75) is 26.2 Å². The third-order valence-electron chi connectivity index (χ3n) is 4.90. The summed E-state index contributed by atoms with van der Waals surface area (Å²) in [4.78, 5) is 13.6. The Hall–Kier alpha value is -0.670. The molecule has 4 heterocycles.